The summed E-state index contributed by atoms with van der Waals surface area (Å²) < 4.78 is 5.71. The van der Waals surface area contributed by atoms with E-state index < -0.39 is 12.1 Å². The zero-order chi connectivity index (χ0) is 13.4. The second-order valence-electron chi connectivity index (χ2n) is 4.17. The first-order valence-electron chi connectivity index (χ1n) is 5.72. The fourth-order valence-corrected chi connectivity index (χ4v) is 2.73. The number of fused-ring (bicyclic) bond motifs is 1. The van der Waals surface area contributed by atoms with Crippen LogP contribution in [0.25, 0.3) is 10.2 Å². The molecule has 0 saturated carbocycles. The summed E-state index contributed by atoms with van der Waals surface area (Å²) in [6.07, 6.45) is -0.891. The molecule has 2 aromatic rings. The van der Waals surface area contributed by atoms with Crippen molar-refractivity contribution >= 4 is 33.5 Å². The number of carbonyl (C=O) groups is 1. The molecule has 0 radical (unpaired) electrons. The topological polar surface area (TPSA) is 95.5 Å². The van der Waals surface area contributed by atoms with Gasteiger partial charge in [-0.25, -0.2) is 9.78 Å². The predicted octanol–water partition coefficient (Wildman–Crippen LogP) is 0.274. The van der Waals surface area contributed by atoms with Crippen LogP contribution in [0, 0.1) is 0 Å². The second-order valence-corrected chi connectivity index (χ2v) is 5.08. The van der Waals surface area contributed by atoms with E-state index in [0.717, 1.165) is 0 Å². The highest BCUT2D eigenvalue weighted by Gasteiger charge is 2.27. The first-order chi connectivity index (χ1) is 9.15. The number of hydrogen-bond acceptors (Lipinski definition) is 6. The van der Waals surface area contributed by atoms with Crippen molar-refractivity contribution in [3.8, 4) is 0 Å². The fourth-order valence-electron chi connectivity index (χ4n) is 2.00. The Morgan fingerprint density at radius 3 is 3.26 bits per heavy atom. The van der Waals surface area contributed by atoms with Gasteiger partial charge in [0.15, 0.2) is 6.10 Å². The van der Waals surface area contributed by atoms with E-state index >= 15 is 0 Å². The van der Waals surface area contributed by atoms with Gasteiger partial charge in [0.2, 0.25) is 5.95 Å². The number of nitrogens with one attached hydrogen (secondary N) is 1. The van der Waals surface area contributed by atoms with E-state index in [2.05, 4.69) is 9.97 Å². The maximum Gasteiger partial charge on any atom is 0.334 e. The Morgan fingerprint density at radius 2 is 2.47 bits per heavy atom. The summed E-state index contributed by atoms with van der Waals surface area (Å²) >= 11 is 1.33. The van der Waals surface area contributed by atoms with Crippen LogP contribution in [-0.2, 0) is 9.53 Å². The Hall–Kier alpha value is -1.93. The number of aromatic amines is 1. The van der Waals surface area contributed by atoms with Crippen molar-refractivity contribution in [3.63, 3.8) is 0 Å². The van der Waals surface area contributed by atoms with Crippen LogP contribution in [0.5, 0.6) is 0 Å². The third-order valence-corrected chi connectivity index (χ3v) is 3.85. The van der Waals surface area contributed by atoms with Crippen LogP contribution in [0.1, 0.15) is 0 Å². The molecule has 19 heavy (non-hydrogen) atoms. The Morgan fingerprint density at radius 1 is 1.63 bits per heavy atom. The lowest BCUT2D eigenvalue weighted by Crippen LogP contribution is -2.47. The minimum absolute atomic E-state index is 0.175. The fraction of sp³-hybridized carbons (Fsp3) is 0.364. The summed E-state index contributed by atoms with van der Waals surface area (Å²) in [4.78, 5) is 31.5. The van der Waals surface area contributed by atoms with Crippen molar-refractivity contribution < 1.29 is 14.6 Å². The van der Waals surface area contributed by atoms with Crippen molar-refractivity contribution in [2.45, 2.75) is 6.10 Å². The molecular formula is C11H11N3O4S. The third-order valence-electron chi connectivity index (χ3n) is 2.94. The number of carboxylic acid groups (broad SMARTS) is 1. The van der Waals surface area contributed by atoms with Crippen molar-refractivity contribution in [2.75, 3.05) is 24.6 Å². The van der Waals surface area contributed by atoms with Crippen LogP contribution in [0.15, 0.2) is 16.2 Å². The number of hydrogen-bond donors (Lipinski definition) is 2. The van der Waals surface area contributed by atoms with Gasteiger partial charge in [-0.2, -0.15) is 0 Å². The van der Waals surface area contributed by atoms with Gasteiger partial charge >= 0.3 is 5.97 Å². The molecule has 1 aliphatic rings. The number of nitrogens with zero attached hydrogens (tertiary/aromatic N) is 2. The predicted molar refractivity (Wildman–Crippen MR) is 69.8 cm³/mol. The number of morpholine rings is 1. The molecule has 2 aromatic heterocycles. The van der Waals surface area contributed by atoms with Crippen molar-refractivity contribution in [3.05, 3.63) is 21.8 Å². The lowest BCUT2D eigenvalue weighted by atomic mass is 10.3. The largest absolute Gasteiger partial charge is 0.479 e. The number of aliphatic carboxylic acids is 1. The highest BCUT2D eigenvalue weighted by molar-refractivity contribution is 7.17. The molecule has 7 nitrogen and oxygen atoms in total. The number of anilines is 1. The van der Waals surface area contributed by atoms with Crippen LogP contribution in [0.4, 0.5) is 5.95 Å². The van der Waals surface area contributed by atoms with Gasteiger partial charge in [0.05, 0.1) is 18.7 Å². The van der Waals surface area contributed by atoms with Crippen LogP contribution >= 0.6 is 11.3 Å². The highest BCUT2D eigenvalue weighted by atomic mass is 32.1. The minimum atomic E-state index is -1.01. The average Bonchev–Trinajstić information content (AvgIpc) is 2.87. The number of thiophene rings is 1. The van der Waals surface area contributed by atoms with Gasteiger partial charge in [0.1, 0.15) is 4.70 Å². The average molecular weight is 281 g/mol. The number of aromatic nitrogens is 2. The number of ether oxygens (including phenoxy) is 1. The van der Waals surface area contributed by atoms with Crippen LogP contribution in [0.3, 0.4) is 0 Å². The van der Waals surface area contributed by atoms with Crippen LogP contribution in [-0.4, -0.2) is 46.8 Å². The van der Waals surface area contributed by atoms with Gasteiger partial charge in [-0.15, -0.1) is 11.3 Å². The maximum atomic E-state index is 11.9. The standard InChI is InChI=1S/C11H11N3O4S/c15-9-8-6(1-4-19-8)12-11(13-9)14-2-3-18-7(5-14)10(16)17/h1,4,7H,2-3,5H2,(H,16,17)(H,12,13,15). The molecule has 0 amide bonds. The number of carboxylic acids is 1. The Kier molecular flexibility index (Phi) is 2.96. The van der Waals surface area contributed by atoms with Gasteiger partial charge in [0.25, 0.3) is 5.56 Å². The zero-order valence-electron chi connectivity index (χ0n) is 9.83. The molecular weight excluding hydrogens is 270 g/mol. The van der Waals surface area contributed by atoms with E-state index in [1.165, 1.54) is 11.3 Å². The van der Waals surface area contributed by atoms with Gasteiger partial charge in [-0.1, -0.05) is 0 Å². The quantitative estimate of drug-likeness (QED) is 0.820. The maximum absolute atomic E-state index is 11.9. The van der Waals surface area contributed by atoms with Gasteiger partial charge in [-0.05, 0) is 11.4 Å². The lowest BCUT2D eigenvalue weighted by Gasteiger charge is -2.31. The third kappa shape index (κ3) is 2.20. The molecule has 0 spiro atoms. The molecule has 3 heterocycles. The Bertz CT molecular complexity index is 680. The summed E-state index contributed by atoms with van der Waals surface area (Å²) in [6.45, 7) is 0.971. The molecule has 1 aliphatic heterocycles. The number of H-pyrrole nitrogens is 1. The van der Waals surface area contributed by atoms with Crippen LogP contribution < -0.4 is 10.5 Å². The summed E-state index contributed by atoms with van der Waals surface area (Å²) in [5.41, 5.74) is 0.426. The Balaban J connectivity index is 1.95. The summed E-state index contributed by atoms with van der Waals surface area (Å²) in [7, 11) is 0. The summed E-state index contributed by atoms with van der Waals surface area (Å²) in [6, 6.07) is 1.77. The van der Waals surface area contributed by atoms with E-state index in [9.17, 15) is 9.59 Å². The van der Waals surface area contributed by atoms with Crippen LogP contribution in [0.2, 0.25) is 0 Å². The molecule has 1 unspecified atom stereocenters. The first kappa shape index (κ1) is 12.1. The van der Waals surface area contributed by atoms with E-state index in [-0.39, 0.29) is 12.1 Å². The van der Waals surface area contributed by atoms with Gasteiger partial charge in [0, 0.05) is 6.54 Å². The van der Waals surface area contributed by atoms with E-state index in [4.69, 9.17) is 9.84 Å². The van der Waals surface area contributed by atoms with Crippen molar-refractivity contribution in [2.24, 2.45) is 0 Å². The normalized spacial score (nSPS) is 19.8. The lowest BCUT2D eigenvalue weighted by molar-refractivity contribution is -0.150. The molecule has 1 saturated heterocycles. The highest BCUT2D eigenvalue weighted by Crippen LogP contribution is 2.18. The van der Waals surface area contributed by atoms with Gasteiger partial charge in [-0.3, -0.25) is 9.78 Å². The summed E-state index contributed by atoms with van der Waals surface area (Å²) in [5.74, 6) is -0.617. The molecule has 0 bridgehead atoms. The molecule has 2 N–H and O–H groups in total. The van der Waals surface area contributed by atoms with Crippen molar-refractivity contribution in [1.82, 2.24) is 9.97 Å². The summed E-state index contributed by atoms with van der Waals surface area (Å²) in [5, 5.41) is 10.8. The number of rotatable bonds is 2. The van der Waals surface area contributed by atoms with E-state index in [1.54, 1.807) is 16.3 Å². The smallest absolute Gasteiger partial charge is 0.334 e. The molecule has 0 aliphatic carbocycles. The molecule has 3 rings (SSSR count). The van der Waals surface area contributed by atoms with E-state index in [0.29, 0.717) is 29.3 Å². The second kappa shape index (κ2) is 4.63. The van der Waals surface area contributed by atoms with E-state index in [1.807, 2.05) is 0 Å². The molecule has 8 heteroatoms. The molecule has 1 atom stereocenters. The Labute approximate surface area is 111 Å². The first-order valence-corrected chi connectivity index (χ1v) is 6.60. The molecule has 0 aromatic carbocycles. The van der Waals surface area contributed by atoms with Crippen molar-refractivity contribution in [1.29, 1.82) is 0 Å². The SMILES string of the molecule is O=C(O)C1CN(c2nc3ccsc3c(=O)[nH]2)CCO1. The minimum Gasteiger partial charge on any atom is -0.479 e. The molecule has 1 fully saturated rings. The molecule has 100 valence electrons. The monoisotopic (exact) mass is 281 g/mol. The van der Waals surface area contributed by atoms with Gasteiger partial charge < -0.3 is 14.7 Å². The zero-order valence-corrected chi connectivity index (χ0v) is 10.6.